The molecule has 0 radical (unpaired) electrons. The van der Waals surface area contributed by atoms with Crippen LogP contribution in [-0.2, 0) is 0 Å². The maximum absolute atomic E-state index is 13.8. The molecule has 1 atom stereocenters. The van der Waals surface area contributed by atoms with Crippen molar-refractivity contribution in [3.63, 3.8) is 0 Å². The highest BCUT2D eigenvalue weighted by atomic mass is 19.1. The molecule has 5 heteroatoms. The van der Waals surface area contributed by atoms with Crippen molar-refractivity contribution in [1.82, 2.24) is 10.6 Å². The molecule has 24 heavy (non-hydrogen) atoms. The quantitative estimate of drug-likeness (QED) is 0.856. The van der Waals surface area contributed by atoms with E-state index in [2.05, 4.69) is 10.6 Å². The Hall–Kier alpha value is -1.65. The van der Waals surface area contributed by atoms with Crippen molar-refractivity contribution in [1.29, 1.82) is 0 Å². The third-order valence-electron chi connectivity index (χ3n) is 6.30. The summed E-state index contributed by atoms with van der Waals surface area (Å²) in [6.07, 6.45) is 6.33. The second kappa shape index (κ2) is 6.01. The fraction of sp³-hybridized carbons (Fsp3) is 0.632. The third kappa shape index (κ3) is 2.89. The first-order chi connectivity index (χ1) is 11.5. The molecule has 1 aromatic rings. The minimum Gasteiger partial charge on any atom is -0.335 e. The second-order valence-electron chi connectivity index (χ2n) is 7.96. The van der Waals surface area contributed by atoms with Crippen molar-refractivity contribution in [3.8, 4) is 0 Å². The molecular formula is C19H24F2N2O. The number of amides is 2. The predicted molar refractivity (Wildman–Crippen MR) is 87.3 cm³/mol. The highest BCUT2D eigenvalue weighted by Gasteiger charge is 2.48. The molecule has 0 saturated heterocycles. The number of carbonyl (C=O) groups excluding carboxylic acids is 1. The molecule has 5 rings (SSSR count). The summed E-state index contributed by atoms with van der Waals surface area (Å²) in [4.78, 5) is 12.4. The molecule has 4 aliphatic carbocycles. The Kier molecular flexibility index (Phi) is 3.97. The van der Waals surface area contributed by atoms with Gasteiger partial charge in [0, 0.05) is 17.7 Å². The van der Waals surface area contributed by atoms with Crippen molar-refractivity contribution in [2.45, 2.75) is 51.1 Å². The molecular weight excluding hydrogens is 310 g/mol. The number of nitrogens with one attached hydrogen (secondary N) is 2. The first-order valence-electron chi connectivity index (χ1n) is 9.01. The lowest BCUT2D eigenvalue weighted by atomic mass is 9.54. The van der Waals surface area contributed by atoms with Crippen molar-refractivity contribution in [2.75, 3.05) is 0 Å². The van der Waals surface area contributed by atoms with E-state index < -0.39 is 17.7 Å². The molecule has 0 spiro atoms. The van der Waals surface area contributed by atoms with Crippen LogP contribution in [0, 0.1) is 35.3 Å². The zero-order valence-electron chi connectivity index (χ0n) is 13.9. The fourth-order valence-electron chi connectivity index (χ4n) is 5.48. The van der Waals surface area contributed by atoms with Crippen LogP contribution in [0.3, 0.4) is 0 Å². The van der Waals surface area contributed by atoms with Crippen LogP contribution in [-0.4, -0.2) is 12.1 Å². The van der Waals surface area contributed by atoms with Gasteiger partial charge in [0.15, 0.2) is 0 Å². The first-order valence-corrected chi connectivity index (χ1v) is 9.01. The minimum atomic E-state index is -0.627. The molecule has 0 aliphatic heterocycles. The number of hydrogen-bond donors (Lipinski definition) is 2. The van der Waals surface area contributed by atoms with E-state index in [1.165, 1.54) is 44.2 Å². The zero-order chi connectivity index (χ0) is 16.8. The molecule has 4 saturated carbocycles. The number of urea groups is 1. The van der Waals surface area contributed by atoms with Gasteiger partial charge in [-0.25, -0.2) is 13.6 Å². The van der Waals surface area contributed by atoms with Gasteiger partial charge in [-0.15, -0.1) is 0 Å². The Balaban J connectivity index is 1.38. The Morgan fingerprint density at radius 2 is 1.71 bits per heavy atom. The predicted octanol–water partition coefficient (Wildman–Crippen LogP) is 4.15. The largest absolute Gasteiger partial charge is 0.335 e. The highest BCUT2D eigenvalue weighted by molar-refractivity contribution is 5.75. The van der Waals surface area contributed by atoms with Crippen LogP contribution in [0.2, 0.25) is 0 Å². The Morgan fingerprint density at radius 1 is 1.08 bits per heavy atom. The highest BCUT2D eigenvalue weighted by Crippen LogP contribution is 2.53. The lowest BCUT2D eigenvalue weighted by molar-refractivity contribution is -0.00950. The second-order valence-corrected chi connectivity index (χ2v) is 7.96. The molecule has 0 aromatic heterocycles. The van der Waals surface area contributed by atoms with Gasteiger partial charge < -0.3 is 10.6 Å². The summed E-state index contributed by atoms with van der Waals surface area (Å²) in [5, 5.41) is 5.95. The van der Waals surface area contributed by atoms with Gasteiger partial charge in [-0.3, -0.25) is 0 Å². The van der Waals surface area contributed by atoms with E-state index in [-0.39, 0.29) is 12.1 Å². The Labute approximate surface area is 141 Å². The maximum atomic E-state index is 13.8. The van der Waals surface area contributed by atoms with Gasteiger partial charge in [-0.1, -0.05) is 6.07 Å². The Bertz CT molecular complexity index is 620. The topological polar surface area (TPSA) is 41.1 Å². The molecule has 4 bridgehead atoms. The van der Waals surface area contributed by atoms with Gasteiger partial charge in [-0.2, -0.15) is 0 Å². The van der Waals surface area contributed by atoms with Gasteiger partial charge in [0.05, 0.1) is 6.04 Å². The van der Waals surface area contributed by atoms with Crippen LogP contribution in [0.25, 0.3) is 0 Å². The molecule has 130 valence electrons. The van der Waals surface area contributed by atoms with E-state index in [4.69, 9.17) is 0 Å². The van der Waals surface area contributed by atoms with E-state index >= 15 is 0 Å². The smallest absolute Gasteiger partial charge is 0.315 e. The van der Waals surface area contributed by atoms with E-state index in [0.29, 0.717) is 17.4 Å². The molecule has 2 amide bonds. The van der Waals surface area contributed by atoms with Crippen LogP contribution in [0.1, 0.15) is 50.6 Å². The maximum Gasteiger partial charge on any atom is 0.315 e. The van der Waals surface area contributed by atoms with Gasteiger partial charge >= 0.3 is 6.03 Å². The third-order valence-corrected chi connectivity index (χ3v) is 6.30. The summed E-state index contributed by atoms with van der Waals surface area (Å²) in [5.74, 6) is 1.69. The number of benzene rings is 1. The van der Waals surface area contributed by atoms with E-state index in [0.717, 1.165) is 17.9 Å². The molecule has 4 aliphatic rings. The normalized spacial score (nSPS) is 34.9. The minimum absolute atomic E-state index is 0.247. The monoisotopic (exact) mass is 334 g/mol. The van der Waals surface area contributed by atoms with Crippen LogP contribution in [0.5, 0.6) is 0 Å². The average molecular weight is 334 g/mol. The van der Waals surface area contributed by atoms with E-state index in [1.54, 1.807) is 6.92 Å². The first kappa shape index (κ1) is 15.9. The molecule has 3 nitrogen and oxygen atoms in total. The van der Waals surface area contributed by atoms with Crippen molar-refractivity contribution >= 4 is 6.03 Å². The van der Waals surface area contributed by atoms with Gasteiger partial charge in [0.1, 0.15) is 11.6 Å². The van der Waals surface area contributed by atoms with Crippen molar-refractivity contribution in [2.24, 2.45) is 23.7 Å². The van der Waals surface area contributed by atoms with Gasteiger partial charge in [0.25, 0.3) is 0 Å². The molecule has 2 N–H and O–H groups in total. The summed E-state index contributed by atoms with van der Waals surface area (Å²) in [6.45, 7) is 1.72. The average Bonchev–Trinajstić information content (AvgIpc) is 2.50. The van der Waals surface area contributed by atoms with Gasteiger partial charge in [0.2, 0.25) is 0 Å². The van der Waals surface area contributed by atoms with E-state index in [1.807, 2.05) is 0 Å². The summed E-state index contributed by atoms with van der Waals surface area (Å²) < 4.78 is 26.8. The van der Waals surface area contributed by atoms with Crippen LogP contribution >= 0.6 is 0 Å². The summed E-state index contributed by atoms with van der Waals surface area (Å²) in [7, 11) is 0. The Morgan fingerprint density at radius 3 is 2.29 bits per heavy atom. The summed E-state index contributed by atoms with van der Waals surface area (Å²) in [6, 6.07) is 2.96. The number of hydrogen-bond acceptors (Lipinski definition) is 1. The molecule has 0 heterocycles. The summed E-state index contributed by atoms with van der Waals surface area (Å²) >= 11 is 0. The number of carbonyl (C=O) groups is 1. The lowest BCUT2D eigenvalue weighted by Crippen LogP contribution is -2.57. The van der Waals surface area contributed by atoms with E-state index in [9.17, 15) is 13.6 Å². The van der Waals surface area contributed by atoms with Crippen molar-refractivity contribution in [3.05, 3.63) is 35.4 Å². The number of halogens is 2. The number of rotatable bonds is 3. The summed E-state index contributed by atoms with van der Waals surface area (Å²) in [5.41, 5.74) is 0.302. The van der Waals surface area contributed by atoms with Crippen LogP contribution in [0.4, 0.5) is 13.6 Å². The standard InChI is InChI=1S/C19H24F2N2O/c1-10(16-3-2-15(20)9-17(16)21)22-19(24)23-18-13-5-11-4-12(7-13)8-14(18)6-11/h2-3,9-14,18H,4-8H2,1H3,(H2,22,23,24). The van der Waals surface area contributed by atoms with Crippen LogP contribution < -0.4 is 10.6 Å². The van der Waals surface area contributed by atoms with Crippen LogP contribution in [0.15, 0.2) is 18.2 Å². The lowest BCUT2D eigenvalue weighted by Gasteiger charge is -2.54. The van der Waals surface area contributed by atoms with Gasteiger partial charge in [-0.05, 0) is 68.8 Å². The molecule has 4 fully saturated rings. The fourth-order valence-corrected chi connectivity index (χ4v) is 5.48. The molecule has 1 unspecified atom stereocenters. The SMILES string of the molecule is CC(NC(=O)NC1C2CC3CC(C2)CC1C3)c1ccc(F)cc1F. The zero-order valence-corrected chi connectivity index (χ0v) is 13.9. The molecule has 1 aromatic carbocycles. The van der Waals surface area contributed by atoms with Crippen molar-refractivity contribution < 1.29 is 13.6 Å².